The lowest BCUT2D eigenvalue weighted by molar-refractivity contribution is -0.144. The lowest BCUT2D eigenvalue weighted by atomic mass is 9.60. The Labute approximate surface area is 224 Å². The number of likely N-dealkylation sites (N-methyl/N-ethyl adjacent to an activating group) is 1. The number of pyridine rings is 1. The quantitative estimate of drug-likeness (QED) is 0.343. The molecular weight excluding hydrogens is 478 g/mol. The van der Waals surface area contributed by atoms with E-state index in [1.807, 2.05) is 25.1 Å². The van der Waals surface area contributed by atoms with E-state index < -0.39 is 5.41 Å². The lowest BCUT2D eigenvalue weighted by Crippen LogP contribution is -2.47. The molecule has 2 aromatic rings. The first-order chi connectivity index (χ1) is 18.3. The standard InChI is InChI=1S/C30H37N5O3/c1-19(2)20-11-13-30(25(36)16-20)12-6-9-22(28(30)37)27(31)29-33-24(23-10-4-5-14-32-23)17-26(34-29)38-18-21-8-7-15-35(21)3/h4-5,10,14,17,20-21H,1,6-9,11-13,15-16,18,31H2,2-3H3/b27-22-/t20?,21-,30-/m0/s1. The molecule has 3 heterocycles. The summed E-state index contributed by atoms with van der Waals surface area (Å²) in [5.41, 5.74) is 8.58. The number of carbonyl (C=O) groups excluding carboxylic acids is 2. The lowest BCUT2D eigenvalue weighted by Gasteiger charge is -2.41. The zero-order valence-corrected chi connectivity index (χ0v) is 22.4. The van der Waals surface area contributed by atoms with Crippen LogP contribution in [0.5, 0.6) is 5.88 Å². The number of ether oxygens (including phenoxy) is 1. The molecule has 8 heteroatoms. The molecule has 2 N–H and O–H groups in total. The Kier molecular flexibility index (Phi) is 7.43. The van der Waals surface area contributed by atoms with Crippen LogP contribution in [0.2, 0.25) is 0 Å². The Morgan fingerprint density at radius 3 is 2.71 bits per heavy atom. The number of hydrogen-bond acceptors (Lipinski definition) is 8. The van der Waals surface area contributed by atoms with Gasteiger partial charge in [-0.3, -0.25) is 14.6 Å². The van der Waals surface area contributed by atoms with E-state index in [1.165, 1.54) is 0 Å². The molecule has 0 radical (unpaired) electrons. The van der Waals surface area contributed by atoms with Gasteiger partial charge in [0.1, 0.15) is 12.4 Å². The smallest absolute Gasteiger partial charge is 0.217 e. The molecule has 8 nitrogen and oxygen atoms in total. The maximum atomic E-state index is 13.9. The monoisotopic (exact) mass is 515 g/mol. The van der Waals surface area contributed by atoms with E-state index in [9.17, 15) is 9.59 Å². The fraction of sp³-hybridized carbons (Fsp3) is 0.500. The fourth-order valence-corrected chi connectivity index (χ4v) is 6.12. The molecule has 1 aliphatic heterocycles. The van der Waals surface area contributed by atoms with Crippen molar-refractivity contribution >= 4 is 17.3 Å². The van der Waals surface area contributed by atoms with Crippen molar-refractivity contribution in [1.82, 2.24) is 19.9 Å². The molecule has 2 saturated carbocycles. The molecule has 2 aromatic heterocycles. The first kappa shape index (κ1) is 26.2. The van der Waals surface area contributed by atoms with E-state index in [0.29, 0.717) is 61.2 Å². The maximum Gasteiger partial charge on any atom is 0.217 e. The van der Waals surface area contributed by atoms with Crippen molar-refractivity contribution in [2.75, 3.05) is 20.2 Å². The maximum absolute atomic E-state index is 13.9. The molecule has 200 valence electrons. The number of nitrogens with two attached hydrogens (primary N) is 1. The van der Waals surface area contributed by atoms with Crippen molar-refractivity contribution in [2.45, 2.75) is 64.3 Å². The average molecular weight is 516 g/mol. The molecule has 3 aliphatic rings. The first-order valence-corrected chi connectivity index (χ1v) is 13.6. The number of aromatic nitrogens is 3. The van der Waals surface area contributed by atoms with Crippen molar-refractivity contribution in [2.24, 2.45) is 17.1 Å². The highest BCUT2D eigenvalue weighted by molar-refractivity contribution is 6.17. The summed E-state index contributed by atoms with van der Waals surface area (Å²) in [7, 11) is 2.10. The van der Waals surface area contributed by atoms with E-state index in [4.69, 9.17) is 15.5 Å². The second-order valence-electron chi connectivity index (χ2n) is 11.1. The first-order valence-electron chi connectivity index (χ1n) is 13.6. The van der Waals surface area contributed by atoms with E-state index in [-0.39, 0.29) is 29.0 Å². The van der Waals surface area contributed by atoms with Crippen LogP contribution in [0, 0.1) is 11.3 Å². The number of allylic oxidation sites excluding steroid dienone is 2. The van der Waals surface area contributed by atoms with Gasteiger partial charge in [-0.25, -0.2) is 4.98 Å². The summed E-state index contributed by atoms with van der Waals surface area (Å²) in [5.74, 6) is 0.638. The minimum Gasteiger partial charge on any atom is -0.476 e. The van der Waals surface area contributed by atoms with Gasteiger partial charge in [0.15, 0.2) is 11.6 Å². The summed E-state index contributed by atoms with van der Waals surface area (Å²) in [4.78, 5) is 43.3. The predicted molar refractivity (Wildman–Crippen MR) is 146 cm³/mol. The van der Waals surface area contributed by atoms with Crippen LogP contribution in [0.4, 0.5) is 0 Å². The molecule has 3 atom stereocenters. The number of ketones is 2. The average Bonchev–Trinajstić information content (AvgIpc) is 3.34. The Morgan fingerprint density at radius 2 is 2.03 bits per heavy atom. The van der Waals surface area contributed by atoms with Crippen LogP contribution in [0.25, 0.3) is 17.1 Å². The summed E-state index contributed by atoms with van der Waals surface area (Å²) in [6.45, 7) is 7.55. The van der Waals surface area contributed by atoms with Crippen LogP contribution in [0.1, 0.15) is 64.1 Å². The Bertz CT molecular complexity index is 1270. The van der Waals surface area contributed by atoms with Crippen LogP contribution < -0.4 is 10.5 Å². The number of rotatable bonds is 6. The second kappa shape index (κ2) is 10.8. The van der Waals surface area contributed by atoms with Gasteiger partial charge in [-0.2, -0.15) is 4.98 Å². The van der Waals surface area contributed by atoms with Crippen LogP contribution in [0.15, 0.2) is 48.2 Å². The highest BCUT2D eigenvalue weighted by Crippen LogP contribution is 2.48. The molecule has 0 aromatic carbocycles. The van der Waals surface area contributed by atoms with Gasteiger partial charge in [-0.15, -0.1) is 0 Å². The zero-order valence-electron chi connectivity index (χ0n) is 22.4. The molecule has 5 rings (SSSR count). The van der Waals surface area contributed by atoms with Crippen molar-refractivity contribution in [3.8, 4) is 17.3 Å². The molecule has 1 unspecified atom stereocenters. The number of carbonyl (C=O) groups is 2. The molecule has 0 amide bonds. The van der Waals surface area contributed by atoms with E-state index in [1.54, 1.807) is 12.3 Å². The summed E-state index contributed by atoms with van der Waals surface area (Å²) in [5, 5.41) is 0. The van der Waals surface area contributed by atoms with Gasteiger partial charge in [0, 0.05) is 30.3 Å². The van der Waals surface area contributed by atoms with Crippen molar-refractivity contribution in [1.29, 1.82) is 0 Å². The molecule has 1 saturated heterocycles. The van der Waals surface area contributed by atoms with Crippen LogP contribution in [-0.4, -0.2) is 57.7 Å². The van der Waals surface area contributed by atoms with Crippen molar-refractivity contribution in [3.63, 3.8) is 0 Å². The van der Waals surface area contributed by atoms with Gasteiger partial charge in [0.25, 0.3) is 0 Å². The predicted octanol–water partition coefficient (Wildman–Crippen LogP) is 4.37. The van der Waals surface area contributed by atoms with Gasteiger partial charge < -0.3 is 15.4 Å². The zero-order chi connectivity index (χ0) is 26.9. The Balaban J connectivity index is 1.49. The third kappa shape index (κ3) is 5.01. The fourth-order valence-electron chi connectivity index (χ4n) is 6.12. The van der Waals surface area contributed by atoms with E-state index in [0.717, 1.165) is 37.8 Å². The van der Waals surface area contributed by atoms with E-state index in [2.05, 4.69) is 28.5 Å². The molecular formula is C30H37N5O3. The van der Waals surface area contributed by atoms with Crippen LogP contribution in [0.3, 0.4) is 0 Å². The highest BCUT2D eigenvalue weighted by atomic mass is 16.5. The van der Waals surface area contributed by atoms with Crippen LogP contribution >= 0.6 is 0 Å². The third-order valence-corrected chi connectivity index (χ3v) is 8.61. The van der Waals surface area contributed by atoms with E-state index >= 15 is 0 Å². The minimum absolute atomic E-state index is 0.0135. The third-order valence-electron chi connectivity index (χ3n) is 8.61. The minimum atomic E-state index is -0.991. The highest BCUT2D eigenvalue weighted by Gasteiger charge is 2.51. The second-order valence-corrected chi connectivity index (χ2v) is 11.1. The van der Waals surface area contributed by atoms with Crippen molar-refractivity contribution in [3.05, 3.63) is 54.0 Å². The van der Waals surface area contributed by atoms with Gasteiger partial charge in [0.2, 0.25) is 5.88 Å². The van der Waals surface area contributed by atoms with Gasteiger partial charge in [-0.05, 0) is 83.5 Å². The van der Waals surface area contributed by atoms with Gasteiger partial charge in [-0.1, -0.05) is 18.2 Å². The van der Waals surface area contributed by atoms with Gasteiger partial charge in [0.05, 0.1) is 22.5 Å². The van der Waals surface area contributed by atoms with Crippen molar-refractivity contribution < 1.29 is 14.3 Å². The Morgan fingerprint density at radius 1 is 1.18 bits per heavy atom. The molecule has 2 aliphatic carbocycles. The molecule has 0 bridgehead atoms. The largest absolute Gasteiger partial charge is 0.476 e. The molecule has 1 spiro atoms. The SMILES string of the molecule is C=C(C)C1CC[C@@]2(CCC/C(=C(/N)c3nc(OC[C@@H]4CCCN4C)cc(-c4ccccn4)n3)C2=O)C(=O)C1. The summed E-state index contributed by atoms with van der Waals surface area (Å²) >= 11 is 0. The summed E-state index contributed by atoms with van der Waals surface area (Å²) in [6, 6.07) is 7.69. The summed E-state index contributed by atoms with van der Waals surface area (Å²) < 4.78 is 6.14. The number of likely N-dealkylation sites (tertiary alicyclic amines) is 1. The van der Waals surface area contributed by atoms with Crippen LogP contribution in [-0.2, 0) is 9.59 Å². The number of Topliss-reactive ketones (excluding diaryl/α,β-unsaturated/α-hetero) is 2. The number of hydrogen-bond donors (Lipinski definition) is 1. The molecule has 3 fully saturated rings. The normalized spacial score (nSPS) is 27.5. The topological polar surface area (TPSA) is 111 Å². The molecule has 38 heavy (non-hydrogen) atoms. The number of nitrogens with zero attached hydrogens (tertiary/aromatic N) is 4. The summed E-state index contributed by atoms with van der Waals surface area (Å²) in [6.07, 6.45) is 7.42. The van der Waals surface area contributed by atoms with Gasteiger partial charge >= 0.3 is 0 Å². The Hall–Kier alpha value is -3.39.